The Bertz CT molecular complexity index is 1010. The van der Waals surface area contributed by atoms with Gasteiger partial charge < -0.3 is 5.73 Å². The van der Waals surface area contributed by atoms with Crippen molar-refractivity contribution in [3.05, 3.63) is 65.7 Å². The molecule has 27 heavy (non-hydrogen) atoms. The molecule has 0 amide bonds. The summed E-state index contributed by atoms with van der Waals surface area (Å²) in [7, 11) is -7.20. The highest BCUT2D eigenvalue weighted by Crippen LogP contribution is 2.33. The van der Waals surface area contributed by atoms with Crippen molar-refractivity contribution in [1.82, 2.24) is 4.31 Å². The highest BCUT2D eigenvalue weighted by atomic mass is 32.2. The Morgan fingerprint density at radius 1 is 1.00 bits per heavy atom. The second kappa shape index (κ2) is 7.71. The molecule has 1 aliphatic heterocycles. The van der Waals surface area contributed by atoms with Crippen LogP contribution >= 0.6 is 0 Å². The molecule has 1 saturated heterocycles. The van der Waals surface area contributed by atoms with E-state index in [9.17, 15) is 16.8 Å². The molecule has 1 aliphatic rings. The van der Waals surface area contributed by atoms with Crippen LogP contribution in [0, 0.1) is 0 Å². The zero-order chi connectivity index (χ0) is 19.7. The number of sulfonamides is 1. The van der Waals surface area contributed by atoms with Crippen molar-refractivity contribution in [3.8, 4) is 0 Å². The third kappa shape index (κ3) is 4.40. The number of rotatable bonds is 5. The van der Waals surface area contributed by atoms with Crippen LogP contribution in [-0.2, 0) is 26.4 Å². The molecular weight excluding hydrogens is 384 g/mol. The molecule has 2 N–H and O–H groups in total. The number of benzene rings is 2. The van der Waals surface area contributed by atoms with Gasteiger partial charge in [0, 0.05) is 19.6 Å². The first-order valence-electron chi connectivity index (χ1n) is 8.75. The molecule has 0 aromatic heterocycles. The van der Waals surface area contributed by atoms with E-state index in [0.717, 1.165) is 17.4 Å². The SMILES string of the molecule is CS(=O)(=O)N1C[C@H](c2ccccc2)C[C@H](S(=O)(=O)c2cccc(CN)c2)C1. The zero-order valence-corrected chi connectivity index (χ0v) is 16.8. The molecule has 2 aromatic rings. The van der Waals surface area contributed by atoms with Crippen LogP contribution in [0.1, 0.15) is 23.5 Å². The Morgan fingerprint density at radius 3 is 2.33 bits per heavy atom. The van der Waals surface area contributed by atoms with Gasteiger partial charge in [0.05, 0.1) is 16.4 Å². The summed E-state index contributed by atoms with van der Waals surface area (Å²) < 4.78 is 52.1. The van der Waals surface area contributed by atoms with E-state index in [1.807, 2.05) is 30.3 Å². The van der Waals surface area contributed by atoms with Crippen LogP contribution in [0.15, 0.2) is 59.5 Å². The van der Waals surface area contributed by atoms with E-state index in [-0.39, 0.29) is 30.4 Å². The first kappa shape index (κ1) is 20.0. The summed E-state index contributed by atoms with van der Waals surface area (Å²) >= 11 is 0. The van der Waals surface area contributed by atoms with Gasteiger partial charge in [0.2, 0.25) is 10.0 Å². The van der Waals surface area contributed by atoms with Crippen LogP contribution in [0.25, 0.3) is 0 Å². The Labute approximate surface area is 161 Å². The molecule has 0 spiro atoms. The fourth-order valence-corrected chi connectivity index (χ4v) is 6.34. The van der Waals surface area contributed by atoms with Gasteiger partial charge in [0.25, 0.3) is 0 Å². The molecule has 2 atom stereocenters. The molecule has 3 rings (SSSR count). The Morgan fingerprint density at radius 2 is 1.70 bits per heavy atom. The van der Waals surface area contributed by atoms with Gasteiger partial charge in [-0.15, -0.1) is 0 Å². The van der Waals surface area contributed by atoms with Gasteiger partial charge in [-0.1, -0.05) is 42.5 Å². The lowest BCUT2D eigenvalue weighted by atomic mass is 9.91. The van der Waals surface area contributed by atoms with E-state index in [1.54, 1.807) is 24.3 Å². The molecule has 1 heterocycles. The van der Waals surface area contributed by atoms with E-state index in [4.69, 9.17) is 5.73 Å². The maximum absolute atomic E-state index is 13.2. The molecule has 8 heteroatoms. The average molecular weight is 409 g/mol. The lowest BCUT2D eigenvalue weighted by molar-refractivity contribution is 0.317. The molecule has 0 bridgehead atoms. The third-order valence-corrected chi connectivity index (χ3v) is 8.39. The van der Waals surface area contributed by atoms with E-state index in [0.29, 0.717) is 6.42 Å². The van der Waals surface area contributed by atoms with Crippen molar-refractivity contribution in [3.63, 3.8) is 0 Å². The zero-order valence-electron chi connectivity index (χ0n) is 15.2. The summed E-state index contributed by atoms with van der Waals surface area (Å²) in [5.41, 5.74) is 7.31. The smallest absolute Gasteiger partial charge is 0.211 e. The highest BCUT2D eigenvalue weighted by Gasteiger charge is 2.39. The van der Waals surface area contributed by atoms with Gasteiger partial charge in [0.1, 0.15) is 0 Å². The van der Waals surface area contributed by atoms with Crippen LogP contribution < -0.4 is 5.73 Å². The molecule has 2 aromatic carbocycles. The average Bonchev–Trinajstić information content (AvgIpc) is 2.67. The highest BCUT2D eigenvalue weighted by molar-refractivity contribution is 7.92. The molecule has 0 saturated carbocycles. The maximum atomic E-state index is 13.2. The van der Waals surface area contributed by atoms with Crippen molar-refractivity contribution in [2.24, 2.45) is 5.73 Å². The summed E-state index contributed by atoms with van der Waals surface area (Å²) in [4.78, 5) is 0.192. The quantitative estimate of drug-likeness (QED) is 0.813. The second-order valence-electron chi connectivity index (χ2n) is 6.94. The summed E-state index contributed by atoms with van der Waals surface area (Å²) in [6.45, 7) is 0.505. The minimum atomic E-state index is -3.69. The van der Waals surface area contributed by atoms with Crippen molar-refractivity contribution in [2.45, 2.75) is 29.0 Å². The molecule has 0 aliphatic carbocycles. The third-order valence-electron chi connectivity index (χ3n) is 5.02. The van der Waals surface area contributed by atoms with Crippen molar-refractivity contribution >= 4 is 19.9 Å². The van der Waals surface area contributed by atoms with E-state index in [1.165, 1.54) is 4.31 Å². The van der Waals surface area contributed by atoms with Crippen LogP contribution in [0.4, 0.5) is 0 Å². The van der Waals surface area contributed by atoms with Crippen LogP contribution in [-0.4, -0.2) is 45.7 Å². The van der Waals surface area contributed by atoms with Gasteiger partial charge in [0.15, 0.2) is 9.84 Å². The molecule has 6 nitrogen and oxygen atoms in total. The van der Waals surface area contributed by atoms with Crippen LogP contribution in [0.5, 0.6) is 0 Å². The summed E-state index contributed by atoms with van der Waals surface area (Å²) in [5, 5.41) is -0.806. The van der Waals surface area contributed by atoms with Gasteiger partial charge in [-0.05, 0) is 35.6 Å². The monoisotopic (exact) mass is 408 g/mol. The predicted molar refractivity (Wildman–Crippen MR) is 106 cm³/mol. The second-order valence-corrected chi connectivity index (χ2v) is 11.2. The number of hydrogen-bond acceptors (Lipinski definition) is 5. The topological polar surface area (TPSA) is 97.5 Å². The van der Waals surface area contributed by atoms with Crippen LogP contribution in [0.3, 0.4) is 0 Å². The molecule has 0 unspecified atom stereocenters. The Balaban J connectivity index is 1.99. The number of nitrogens with two attached hydrogens (primary N) is 1. The van der Waals surface area contributed by atoms with Crippen molar-refractivity contribution in [2.75, 3.05) is 19.3 Å². The van der Waals surface area contributed by atoms with Crippen molar-refractivity contribution in [1.29, 1.82) is 0 Å². The summed E-state index contributed by atoms with van der Waals surface area (Å²) in [6.07, 6.45) is 1.50. The van der Waals surface area contributed by atoms with E-state index in [2.05, 4.69) is 0 Å². The lowest BCUT2D eigenvalue weighted by Gasteiger charge is -2.36. The number of hydrogen-bond donors (Lipinski definition) is 1. The first-order chi connectivity index (χ1) is 12.7. The summed E-state index contributed by atoms with van der Waals surface area (Å²) in [5.74, 6) is -0.174. The molecule has 146 valence electrons. The Hall–Kier alpha value is -1.74. The largest absolute Gasteiger partial charge is 0.326 e. The first-order valence-corrected chi connectivity index (χ1v) is 12.1. The van der Waals surface area contributed by atoms with Gasteiger partial charge >= 0.3 is 0 Å². The van der Waals surface area contributed by atoms with E-state index >= 15 is 0 Å². The fraction of sp³-hybridized carbons (Fsp3) is 0.368. The van der Waals surface area contributed by atoms with Gasteiger partial charge in [-0.2, -0.15) is 0 Å². The standard InChI is InChI=1S/C19H24N2O4S2/c1-26(22,23)21-13-17(16-7-3-2-4-8-16)11-19(14-21)27(24,25)18-9-5-6-15(10-18)12-20/h2-10,17,19H,11-14,20H2,1H3/t17-,19+/m1/s1. The number of piperidine rings is 1. The Kier molecular flexibility index (Phi) is 5.71. The lowest BCUT2D eigenvalue weighted by Crippen LogP contribution is -2.47. The van der Waals surface area contributed by atoms with Gasteiger partial charge in [-0.3, -0.25) is 0 Å². The molecule has 1 fully saturated rings. The maximum Gasteiger partial charge on any atom is 0.211 e. The predicted octanol–water partition coefficient (Wildman–Crippen LogP) is 1.74. The molecule has 0 radical (unpaired) electrons. The minimum absolute atomic E-state index is 0.0304. The fourth-order valence-electron chi connectivity index (χ4n) is 3.52. The summed E-state index contributed by atoms with van der Waals surface area (Å²) in [6, 6.07) is 16.0. The van der Waals surface area contributed by atoms with Crippen molar-refractivity contribution < 1.29 is 16.8 Å². The van der Waals surface area contributed by atoms with Crippen LogP contribution in [0.2, 0.25) is 0 Å². The number of sulfone groups is 1. The molecular formula is C19H24N2O4S2. The van der Waals surface area contributed by atoms with E-state index < -0.39 is 25.1 Å². The normalized spacial score (nSPS) is 21.9. The van der Waals surface area contributed by atoms with Gasteiger partial charge in [-0.25, -0.2) is 21.1 Å². The number of nitrogens with zero attached hydrogens (tertiary/aromatic N) is 1. The minimum Gasteiger partial charge on any atom is -0.326 e.